The molecule has 0 amide bonds. The summed E-state index contributed by atoms with van der Waals surface area (Å²) >= 11 is 0. The van der Waals surface area contributed by atoms with Crippen molar-refractivity contribution in [3.05, 3.63) is 125 Å². The smallest absolute Gasteiger partial charge is 0.249 e. The lowest BCUT2D eigenvalue weighted by Gasteiger charge is -2.23. The van der Waals surface area contributed by atoms with Crippen LogP contribution in [0.5, 0.6) is 0 Å². The molecule has 0 aromatic heterocycles. The Bertz CT molecular complexity index is 1370. The van der Waals surface area contributed by atoms with Gasteiger partial charge in [0.15, 0.2) is 0 Å². The number of benzene rings is 4. The van der Waals surface area contributed by atoms with Gasteiger partial charge in [0.05, 0.1) is 0 Å². The highest BCUT2D eigenvalue weighted by Crippen LogP contribution is 2.54. The minimum absolute atomic E-state index is 0.266. The van der Waals surface area contributed by atoms with Crippen LogP contribution in [0, 0.1) is 20.8 Å². The highest BCUT2D eigenvalue weighted by molar-refractivity contribution is 8.01. The zero-order chi connectivity index (χ0) is 23.6. The van der Waals surface area contributed by atoms with Crippen molar-refractivity contribution in [3.8, 4) is 11.1 Å². The molecular weight excluding hydrogens is 427 g/mol. The molecule has 33 heavy (non-hydrogen) atoms. The van der Waals surface area contributed by atoms with Crippen LogP contribution in [0.1, 0.15) is 37.4 Å². The number of hydrogen-bond donors (Lipinski definition) is 0. The van der Waals surface area contributed by atoms with Gasteiger partial charge in [-0.05, 0) is 48.6 Å². The molecular formula is C29H25O3P. The fourth-order valence-electron chi connectivity index (χ4n) is 4.29. The van der Waals surface area contributed by atoms with Gasteiger partial charge in [-0.3, -0.25) is 9.59 Å². The zero-order valence-corrected chi connectivity index (χ0v) is 19.8. The van der Waals surface area contributed by atoms with Crippen molar-refractivity contribution >= 4 is 23.5 Å². The summed E-state index contributed by atoms with van der Waals surface area (Å²) < 4.78 is 15.0. The van der Waals surface area contributed by atoms with E-state index in [1.54, 1.807) is 30.3 Å². The third-order valence-corrected chi connectivity index (χ3v) is 8.77. The first kappa shape index (κ1) is 22.6. The first-order valence-corrected chi connectivity index (χ1v) is 12.5. The SMILES string of the molecule is Cc1cccc(C)c1C(=O)P(=O)(C(=O)c1ccccc1)c1c(C)cccc1-c1ccccc1. The van der Waals surface area contributed by atoms with Gasteiger partial charge in [0.1, 0.15) is 0 Å². The van der Waals surface area contributed by atoms with Crippen LogP contribution in [0.4, 0.5) is 0 Å². The summed E-state index contributed by atoms with van der Waals surface area (Å²) in [7, 11) is -4.27. The lowest BCUT2D eigenvalue weighted by Crippen LogP contribution is -2.25. The Balaban J connectivity index is 2.07. The van der Waals surface area contributed by atoms with E-state index in [0.29, 0.717) is 33.1 Å². The average Bonchev–Trinajstić information content (AvgIpc) is 2.84. The number of carbonyl (C=O) groups excluding carboxylic acids is 2. The summed E-state index contributed by atoms with van der Waals surface area (Å²) in [5.41, 5.74) is 2.89. The molecule has 4 aromatic carbocycles. The molecule has 0 radical (unpaired) electrons. The monoisotopic (exact) mass is 452 g/mol. The third-order valence-electron chi connectivity index (χ3n) is 5.93. The summed E-state index contributed by atoms with van der Waals surface area (Å²) in [5, 5.41) is 0.317. The largest absolute Gasteiger partial charge is 0.302 e. The van der Waals surface area contributed by atoms with Crippen LogP contribution < -0.4 is 5.30 Å². The average molecular weight is 452 g/mol. The zero-order valence-electron chi connectivity index (χ0n) is 18.9. The Morgan fingerprint density at radius 3 is 1.70 bits per heavy atom. The van der Waals surface area contributed by atoms with Crippen LogP contribution in [0.3, 0.4) is 0 Å². The Morgan fingerprint density at radius 1 is 0.576 bits per heavy atom. The van der Waals surface area contributed by atoms with Crippen molar-refractivity contribution in [3.63, 3.8) is 0 Å². The molecule has 0 heterocycles. The Labute approximate surface area is 194 Å². The normalized spacial score (nSPS) is 12.7. The van der Waals surface area contributed by atoms with Crippen molar-refractivity contribution in [1.82, 2.24) is 0 Å². The number of rotatable bonds is 6. The third kappa shape index (κ3) is 4.01. The van der Waals surface area contributed by atoms with Crippen molar-refractivity contribution < 1.29 is 14.2 Å². The lowest BCUT2D eigenvalue weighted by molar-refractivity contribution is 0.104. The summed E-state index contributed by atoms with van der Waals surface area (Å²) in [4.78, 5) is 28.1. The highest BCUT2D eigenvalue weighted by atomic mass is 31.2. The molecule has 4 rings (SSSR count). The molecule has 0 saturated carbocycles. The standard InChI is InChI=1S/C29H25O3P/c1-20-12-10-13-21(2)26(20)29(31)33(32,28(30)24-17-8-5-9-18-24)27-22(3)14-11-19-25(27)23-15-6-4-7-16-23/h4-19H,1-3H3. The van der Waals surface area contributed by atoms with Crippen LogP contribution in [0.15, 0.2) is 97.1 Å². The number of aryl methyl sites for hydroxylation is 3. The van der Waals surface area contributed by atoms with Gasteiger partial charge in [-0.2, -0.15) is 0 Å². The molecule has 164 valence electrons. The molecule has 0 fully saturated rings. The van der Waals surface area contributed by atoms with Gasteiger partial charge in [-0.1, -0.05) is 97.1 Å². The van der Waals surface area contributed by atoms with Crippen LogP contribution in [0.25, 0.3) is 11.1 Å². The summed E-state index contributed by atoms with van der Waals surface area (Å²) in [6.07, 6.45) is 0. The topological polar surface area (TPSA) is 51.2 Å². The molecule has 0 aliphatic heterocycles. The van der Waals surface area contributed by atoms with Gasteiger partial charge < -0.3 is 4.57 Å². The van der Waals surface area contributed by atoms with E-state index in [4.69, 9.17) is 0 Å². The lowest BCUT2D eigenvalue weighted by atomic mass is 10.0. The second kappa shape index (κ2) is 9.13. The molecule has 0 bridgehead atoms. The molecule has 0 aliphatic carbocycles. The molecule has 4 aromatic rings. The predicted molar refractivity (Wildman–Crippen MR) is 135 cm³/mol. The van der Waals surface area contributed by atoms with Crippen LogP contribution in [-0.2, 0) is 4.57 Å². The predicted octanol–water partition coefficient (Wildman–Crippen LogP) is 6.95. The molecule has 1 atom stereocenters. The van der Waals surface area contributed by atoms with E-state index in [1.807, 2.05) is 87.5 Å². The van der Waals surface area contributed by atoms with Crippen LogP contribution >= 0.6 is 7.14 Å². The van der Waals surface area contributed by atoms with E-state index in [9.17, 15) is 9.59 Å². The van der Waals surface area contributed by atoms with Gasteiger partial charge >= 0.3 is 0 Å². The van der Waals surface area contributed by atoms with Crippen LogP contribution in [0.2, 0.25) is 0 Å². The number of carbonyl (C=O) groups is 2. The quantitative estimate of drug-likeness (QED) is 0.298. The summed E-state index contributed by atoms with van der Waals surface area (Å²) in [6, 6.07) is 28.9. The molecule has 1 unspecified atom stereocenters. The maximum Gasteiger partial charge on any atom is 0.249 e. The first-order chi connectivity index (χ1) is 15.9. The molecule has 3 nitrogen and oxygen atoms in total. The second-order valence-electron chi connectivity index (χ2n) is 8.19. The van der Waals surface area contributed by atoms with Crippen molar-refractivity contribution in [1.29, 1.82) is 0 Å². The fourth-order valence-corrected chi connectivity index (χ4v) is 7.18. The van der Waals surface area contributed by atoms with Gasteiger partial charge in [0.2, 0.25) is 18.2 Å². The summed E-state index contributed by atoms with van der Waals surface area (Å²) in [6.45, 7) is 5.44. The molecule has 4 heteroatoms. The van der Waals surface area contributed by atoms with Gasteiger partial charge in [0.25, 0.3) is 0 Å². The maximum absolute atomic E-state index is 15.0. The van der Waals surface area contributed by atoms with E-state index < -0.39 is 18.2 Å². The highest BCUT2D eigenvalue weighted by Gasteiger charge is 2.46. The van der Waals surface area contributed by atoms with Gasteiger partial charge in [0, 0.05) is 16.4 Å². The molecule has 0 saturated heterocycles. The van der Waals surface area contributed by atoms with Gasteiger partial charge in [-0.15, -0.1) is 0 Å². The number of hydrogen-bond acceptors (Lipinski definition) is 3. The minimum Gasteiger partial charge on any atom is -0.302 e. The van der Waals surface area contributed by atoms with E-state index in [-0.39, 0.29) is 5.56 Å². The van der Waals surface area contributed by atoms with Crippen molar-refractivity contribution in [2.75, 3.05) is 0 Å². The Hall–Kier alpha value is -3.55. The van der Waals surface area contributed by atoms with Gasteiger partial charge in [-0.25, -0.2) is 0 Å². The second-order valence-corrected chi connectivity index (χ2v) is 10.7. The fraction of sp³-hybridized carbons (Fsp3) is 0.103. The Morgan fingerprint density at radius 2 is 1.09 bits per heavy atom. The molecule has 0 aliphatic rings. The van der Waals surface area contributed by atoms with E-state index >= 15 is 4.57 Å². The van der Waals surface area contributed by atoms with Crippen LogP contribution in [-0.4, -0.2) is 11.0 Å². The van der Waals surface area contributed by atoms with E-state index in [2.05, 4.69) is 0 Å². The van der Waals surface area contributed by atoms with E-state index in [0.717, 1.165) is 5.56 Å². The van der Waals surface area contributed by atoms with Crippen molar-refractivity contribution in [2.24, 2.45) is 0 Å². The molecule has 0 N–H and O–H groups in total. The maximum atomic E-state index is 15.0. The van der Waals surface area contributed by atoms with E-state index in [1.165, 1.54) is 0 Å². The first-order valence-electron chi connectivity index (χ1n) is 10.8. The Kier molecular flexibility index (Phi) is 6.26. The minimum atomic E-state index is -4.27. The van der Waals surface area contributed by atoms with Crippen molar-refractivity contribution in [2.45, 2.75) is 20.8 Å². The summed E-state index contributed by atoms with van der Waals surface area (Å²) in [5.74, 6) is 0. The molecule has 0 spiro atoms.